The van der Waals surface area contributed by atoms with Gasteiger partial charge in [0.25, 0.3) is 0 Å². The smallest absolute Gasteiger partial charge is 0.0701 e. The average molecular weight is 207 g/mol. The molecule has 0 spiro atoms. The van der Waals surface area contributed by atoms with Crippen LogP contribution in [-0.2, 0) is 13.0 Å². The summed E-state index contributed by atoms with van der Waals surface area (Å²) in [6.07, 6.45) is 3.84. The molecule has 2 heterocycles. The van der Waals surface area contributed by atoms with E-state index in [2.05, 4.69) is 15.5 Å². The van der Waals surface area contributed by atoms with Gasteiger partial charge in [-0.1, -0.05) is 0 Å². The number of aliphatic hydroxyl groups excluding tert-OH is 1. The molecule has 1 aliphatic carbocycles. The summed E-state index contributed by atoms with van der Waals surface area (Å²) in [5.74, 6) is 0.472. The van der Waals surface area contributed by atoms with Gasteiger partial charge in [0.2, 0.25) is 0 Å². The van der Waals surface area contributed by atoms with Gasteiger partial charge in [0.05, 0.1) is 11.8 Å². The third kappa shape index (κ3) is 1.58. The van der Waals surface area contributed by atoms with Crippen molar-refractivity contribution < 1.29 is 5.11 Å². The molecular weight excluding hydrogens is 190 g/mol. The molecule has 1 fully saturated rings. The maximum absolute atomic E-state index is 9.55. The second-order valence-electron chi connectivity index (χ2n) is 4.66. The fourth-order valence-electron chi connectivity index (χ4n) is 2.79. The van der Waals surface area contributed by atoms with Gasteiger partial charge in [-0.2, -0.15) is 5.10 Å². The van der Waals surface area contributed by atoms with E-state index in [-0.39, 0.29) is 6.10 Å². The van der Waals surface area contributed by atoms with Gasteiger partial charge >= 0.3 is 0 Å². The van der Waals surface area contributed by atoms with Crippen LogP contribution in [0.1, 0.15) is 42.1 Å². The first kappa shape index (κ1) is 9.36. The van der Waals surface area contributed by atoms with Crippen LogP contribution in [0, 0.1) is 0 Å². The Hall–Kier alpha value is -0.870. The Morgan fingerprint density at radius 3 is 3.07 bits per heavy atom. The van der Waals surface area contributed by atoms with Crippen LogP contribution in [0.5, 0.6) is 0 Å². The van der Waals surface area contributed by atoms with Gasteiger partial charge in [-0.25, -0.2) is 0 Å². The van der Waals surface area contributed by atoms with E-state index in [1.54, 1.807) is 0 Å². The molecule has 3 N–H and O–H groups in total. The van der Waals surface area contributed by atoms with Crippen LogP contribution in [0.25, 0.3) is 0 Å². The summed E-state index contributed by atoms with van der Waals surface area (Å²) in [6, 6.07) is 0. The van der Waals surface area contributed by atoms with E-state index in [1.807, 2.05) is 0 Å². The predicted molar refractivity (Wildman–Crippen MR) is 56.6 cm³/mol. The van der Waals surface area contributed by atoms with Crippen LogP contribution in [0.3, 0.4) is 0 Å². The van der Waals surface area contributed by atoms with Gasteiger partial charge in [0, 0.05) is 36.7 Å². The highest BCUT2D eigenvalue weighted by Crippen LogP contribution is 2.36. The fourth-order valence-corrected chi connectivity index (χ4v) is 2.79. The van der Waals surface area contributed by atoms with Gasteiger partial charge in [0.1, 0.15) is 0 Å². The lowest BCUT2D eigenvalue weighted by atomic mass is 9.96. The van der Waals surface area contributed by atoms with Crippen LogP contribution in [0.15, 0.2) is 0 Å². The molecule has 1 saturated carbocycles. The lowest BCUT2D eigenvalue weighted by Crippen LogP contribution is -2.24. The molecule has 0 saturated heterocycles. The van der Waals surface area contributed by atoms with Crippen molar-refractivity contribution in [3.8, 4) is 0 Å². The van der Waals surface area contributed by atoms with E-state index < -0.39 is 0 Å². The Balaban J connectivity index is 1.88. The van der Waals surface area contributed by atoms with Crippen LogP contribution >= 0.6 is 0 Å². The van der Waals surface area contributed by atoms with Crippen molar-refractivity contribution in [1.82, 2.24) is 15.5 Å². The number of hydrogen-bond acceptors (Lipinski definition) is 3. The van der Waals surface area contributed by atoms with E-state index in [4.69, 9.17) is 0 Å². The largest absolute Gasteiger partial charge is 0.393 e. The third-order valence-corrected chi connectivity index (χ3v) is 3.63. The standard InChI is InChI=1S/C11H17N3O/c15-8-2-1-7(5-8)11-9-6-12-4-3-10(9)13-14-11/h7-8,12,15H,1-6H2,(H,13,14). The Labute approximate surface area is 89.1 Å². The quantitative estimate of drug-likeness (QED) is 0.634. The zero-order chi connectivity index (χ0) is 10.3. The molecule has 15 heavy (non-hydrogen) atoms. The van der Waals surface area contributed by atoms with Crippen molar-refractivity contribution in [2.24, 2.45) is 0 Å². The number of aromatic nitrogens is 2. The molecule has 0 radical (unpaired) electrons. The molecule has 2 atom stereocenters. The van der Waals surface area contributed by atoms with Crippen LogP contribution in [-0.4, -0.2) is 28.0 Å². The zero-order valence-corrected chi connectivity index (χ0v) is 8.79. The Bertz CT molecular complexity index is 361. The first-order valence-corrected chi connectivity index (χ1v) is 5.79. The summed E-state index contributed by atoms with van der Waals surface area (Å²) in [6.45, 7) is 1.98. The number of hydrogen-bond donors (Lipinski definition) is 3. The zero-order valence-electron chi connectivity index (χ0n) is 8.79. The van der Waals surface area contributed by atoms with Gasteiger partial charge < -0.3 is 10.4 Å². The monoisotopic (exact) mass is 207 g/mol. The summed E-state index contributed by atoms with van der Waals surface area (Å²) in [7, 11) is 0. The molecule has 1 aromatic rings. The molecule has 3 rings (SSSR count). The molecule has 0 amide bonds. The maximum atomic E-state index is 9.55. The molecule has 0 aromatic carbocycles. The topological polar surface area (TPSA) is 60.9 Å². The third-order valence-electron chi connectivity index (χ3n) is 3.63. The van der Waals surface area contributed by atoms with Crippen molar-refractivity contribution in [3.05, 3.63) is 17.0 Å². The Morgan fingerprint density at radius 1 is 1.33 bits per heavy atom. The summed E-state index contributed by atoms with van der Waals surface area (Å²) < 4.78 is 0. The lowest BCUT2D eigenvalue weighted by molar-refractivity contribution is 0.181. The maximum Gasteiger partial charge on any atom is 0.0701 e. The predicted octanol–water partition coefficient (Wildman–Crippen LogP) is 0.684. The number of aromatic amines is 1. The Kier molecular flexibility index (Phi) is 2.25. The molecule has 1 aromatic heterocycles. The summed E-state index contributed by atoms with van der Waals surface area (Å²) in [4.78, 5) is 0. The van der Waals surface area contributed by atoms with Gasteiger partial charge in [-0.05, 0) is 19.3 Å². The summed E-state index contributed by atoms with van der Waals surface area (Å²) in [5.41, 5.74) is 3.86. The number of fused-ring (bicyclic) bond motifs is 1. The second kappa shape index (κ2) is 3.61. The van der Waals surface area contributed by atoms with Gasteiger partial charge in [-0.3, -0.25) is 5.10 Å². The molecule has 2 unspecified atom stereocenters. The van der Waals surface area contributed by atoms with E-state index in [1.165, 1.54) is 17.0 Å². The van der Waals surface area contributed by atoms with Gasteiger partial charge in [-0.15, -0.1) is 0 Å². The minimum Gasteiger partial charge on any atom is -0.393 e. The molecule has 82 valence electrons. The highest BCUT2D eigenvalue weighted by Gasteiger charge is 2.29. The van der Waals surface area contributed by atoms with Crippen molar-refractivity contribution >= 4 is 0 Å². The number of H-pyrrole nitrogens is 1. The molecule has 2 aliphatic rings. The van der Waals surface area contributed by atoms with Crippen molar-refractivity contribution in [2.45, 2.75) is 44.2 Å². The van der Waals surface area contributed by atoms with Crippen LogP contribution in [0.2, 0.25) is 0 Å². The van der Waals surface area contributed by atoms with Crippen molar-refractivity contribution in [3.63, 3.8) is 0 Å². The Morgan fingerprint density at radius 2 is 2.27 bits per heavy atom. The minimum absolute atomic E-state index is 0.112. The summed E-state index contributed by atoms with van der Waals surface area (Å²) in [5, 5.41) is 20.5. The lowest BCUT2D eigenvalue weighted by Gasteiger charge is -2.15. The van der Waals surface area contributed by atoms with E-state index >= 15 is 0 Å². The van der Waals surface area contributed by atoms with E-state index in [0.717, 1.165) is 38.8 Å². The van der Waals surface area contributed by atoms with E-state index in [0.29, 0.717) is 5.92 Å². The molecular formula is C11H17N3O. The van der Waals surface area contributed by atoms with Crippen LogP contribution < -0.4 is 5.32 Å². The SMILES string of the molecule is OC1CCC(c2n[nH]c3c2CNCC3)C1. The molecule has 1 aliphatic heterocycles. The number of nitrogens with zero attached hydrogens (tertiary/aromatic N) is 1. The number of aliphatic hydroxyl groups is 1. The van der Waals surface area contributed by atoms with Crippen LogP contribution in [0.4, 0.5) is 0 Å². The highest BCUT2D eigenvalue weighted by molar-refractivity contribution is 5.30. The molecule has 0 bridgehead atoms. The first-order valence-electron chi connectivity index (χ1n) is 5.79. The molecule has 4 heteroatoms. The molecule has 4 nitrogen and oxygen atoms in total. The first-order chi connectivity index (χ1) is 7.34. The fraction of sp³-hybridized carbons (Fsp3) is 0.727. The van der Waals surface area contributed by atoms with E-state index in [9.17, 15) is 5.11 Å². The van der Waals surface area contributed by atoms with Gasteiger partial charge in [0.15, 0.2) is 0 Å². The number of nitrogens with one attached hydrogen (secondary N) is 2. The summed E-state index contributed by atoms with van der Waals surface area (Å²) >= 11 is 0. The van der Waals surface area contributed by atoms with Crippen molar-refractivity contribution in [2.75, 3.05) is 6.54 Å². The average Bonchev–Trinajstić information content (AvgIpc) is 2.83. The van der Waals surface area contributed by atoms with Crippen molar-refractivity contribution in [1.29, 1.82) is 0 Å². The second-order valence-corrected chi connectivity index (χ2v) is 4.66. The minimum atomic E-state index is -0.112. The number of rotatable bonds is 1. The normalized spacial score (nSPS) is 30.5. The highest BCUT2D eigenvalue weighted by atomic mass is 16.3.